The Balaban J connectivity index is 2.51. The summed E-state index contributed by atoms with van der Waals surface area (Å²) in [5.41, 5.74) is 3.98. The van der Waals surface area contributed by atoms with E-state index >= 15 is 0 Å². The summed E-state index contributed by atoms with van der Waals surface area (Å²) in [7, 11) is 0. The number of rotatable bonds is 3. The van der Waals surface area contributed by atoms with Crippen LogP contribution in [-0.4, -0.2) is 39.5 Å². The summed E-state index contributed by atoms with van der Waals surface area (Å²) in [6.45, 7) is -0.984. The van der Waals surface area contributed by atoms with Crippen molar-refractivity contribution >= 4 is 11.9 Å². The Morgan fingerprint density at radius 1 is 1.57 bits per heavy atom. The molecule has 0 spiro atoms. The maximum Gasteiger partial charge on any atom is 0.351 e. The zero-order valence-corrected chi connectivity index (χ0v) is 10.4. The lowest BCUT2D eigenvalue weighted by atomic mass is 10.1. The Bertz CT molecular complexity index is 619. The van der Waals surface area contributed by atoms with E-state index in [1.54, 1.807) is 0 Å². The first-order valence-corrected chi connectivity index (χ1v) is 5.76. The van der Waals surface area contributed by atoms with Crippen LogP contribution in [0.2, 0.25) is 0 Å². The van der Waals surface area contributed by atoms with Crippen LogP contribution in [0.3, 0.4) is 0 Å². The van der Waals surface area contributed by atoms with Crippen molar-refractivity contribution in [2.45, 2.75) is 24.4 Å². The van der Waals surface area contributed by atoms with E-state index in [9.17, 15) is 22.4 Å². The molecule has 1 aromatic heterocycles. The van der Waals surface area contributed by atoms with E-state index in [2.05, 4.69) is 9.72 Å². The SMILES string of the molecule is Nc1nc(=O)n(C2OC(CO)C(F)C2(F)F)cc1C=CF. The molecule has 2 heterocycles. The average molecular weight is 309 g/mol. The second-order valence-corrected chi connectivity index (χ2v) is 4.35. The molecule has 6 nitrogen and oxygen atoms in total. The molecule has 21 heavy (non-hydrogen) atoms. The second kappa shape index (κ2) is 5.45. The lowest BCUT2D eigenvalue weighted by Gasteiger charge is -2.20. The van der Waals surface area contributed by atoms with Gasteiger partial charge in [-0.3, -0.25) is 4.57 Å². The highest BCUT2D eigenvalue weighted by Gasteiger charge is 2.60. The maximum absolute atomic E-state index is 13.8. The van der Waals surface area contributed by atoms with Gasteiger partial charge in [-0.2, -0.15) is 13.8 Å². The van der Waals surface area contributed by atoms with Gasteiger partial charge in [0.25, 0.3) is 0 Å². The van der Waals surface area contributed by atoms with Crippen LogP contribution >= 0.6 is 0 Å². The van der Waals surface area contributed by atoms with Crippen LogP contribution in [0.25, 0.3) is 6.08 Å². The van der Waals surface area contributed by atoms with Crippen molar-refractivity contribution < 1.29 is 27.4 Å². The van der Waals surface area contributed by atoms with Crippen LogP contribution in [0.4, 0.5) is 23.4 Å². The molecule has 1 aliphatic rings. The fourth-order valence-electron chi connectivity index (χ4n) is 1.96. The first-order valence-electron chi connectivity index (χ1n) is 5.76. The average Bonchev–Trinajstić information content (AvgIpc) is 2.65. The smallest absolute Gasteiger partial charge is 0.351 e. The van der Waals surface area contributed by atoms with Crippen LogP contribution < -0.4 is 11.4 Å². The first kappa shape index (κ1) is 15.4. The molecular formula is C11H11F4N3O3. The summed E-state index contributed by atoms with van der Waals surface area (Å²) >= 11 is 0. The largest absolute Gasteiger partial charge is 0.394 e. The molecule has 1 saturated heterocycles. The van der Waals surface area contributed by atoms with Gasteiger partial charge in [-0.1, -0.05) is 0 Å². The third-order valence-corrected chi connectivity index (χ3v) is 3.01. The van der Waals surface area contributed by atoms with E-state index in [4.69, 9.17) is 10.8 Å². The number of aromatic nitrogens is 2. The fourth-order valence-corrected chi connectivity index (χ4v) is 1.96. The van der Waals surface area contributed by atoms with Crippen molar-refractivity contribution in [2.24, 2.45) is 0 Å². The summed E-state index contributed by atoms with van der Waals surface area (Å²) in [4.78, 5) is 14.9. The molecule has 1 aromatic rings. The maximum atomic E-state index is 13.8. The number of ether oxygens (including phenoxy) is 1. The molecule has 116 valence electrons. The lowest BCUT2D eigenvalue weighted by molar-refractivity contribution is -0.130. The number of hydrogen-bond acceptors (Lipinski definition) is 5. The van der Waals surface area contributed by atoms with Gasteiger partial charge in [0.05, 0.1) is 12.9 Å². The van der Waals surface area contributed by atoms with E-state index in [1.165, 1.54) is 0 Å². The van der Waals surface area contributed by atoms with Crippen molar-refractivity contribution in [1.29, 1.82) is 0 Å². The molecule has 10 heteroatoms. The van der Waals surface area contributed by atoms with Crippen molar-refractivity contribution in [3.05, 3.63) is 28.6 Å². The summed E-state index contributed by atoms with van der Waals surface area (Å²) in [5.74, 6) is -4.44. The number of aliphatic hydroxyl groups excluding tert-OH is 1. The fraction of sp³-hybridized carbons (Fsp3) is 0.455. The minimum Gasteiger partial charge on any atom is -0.394 e. The van der Waals surface area contributed by atoms with Gasteiger partial charge in [-0.15, -0.1) is 0 Å². The van der Waals surface area contributed by atoms with Crippen LogP contribution in [0.1, 0.15) is 11.8 Å². The third kappa shape index (κ3) is 2.51. The van der Waals surface area contributed by atoms with Gasteiger partial charge in [0.1, 0.15) is 11.9 Å². The molecule has 0 aromatic carbocycles. The van der Waals surface area contributed by atoms with Gasteiger partial charge >= 0.3 is 11.6 Å². The molecule has 1 fully saturated rings. The number of nitrogen functional groups attached to an aromatic ring is 1. The summed E-state index contributed by atoms with van der Waals surface area (Å²) in [6.07, 6.45) is -5.23. The van der Waals surface area contributed by atoms with Gasteiger partial charge in [0.15, 0.2) is 6.17 Å². The predicted octanol–water partition coefficient (Wildman–Crippen LogP) is 0.629. The van der Waals surface area contributed by atoms with Crippen molar-refractivity contribution in [2.75, 3.05) is 12.3 Å². The molecule has 3 atom stereocenters. The van der Waals surface area contributed by atoms with Crippen LogP contribution in [0.5, 0.6) is 0 Å². The zero-order chi connectivity index (χ0) is 15.8. The molecule has 3 N–H and O–H groups in total. The number of nitrogens with zero attached hydrogens (tertiary/aromatic N) is 2. The topological polar surface area (TPSA) is 90.4 Å². The summed E-state index contributed by atoms with van der Waals surface area (Å²) < 4.78 is 58.3. The zero-order valence-electron chi connectivity index (χ0n) is 10.4. The van der Waals surface area contributed by atoms with Gasteiger partial charge in [-0.05, 0) is 6.08 Å². The van der Waals surface area contributed by atoms with Crippen molar-refractivity contribution in [1.82, 2.24) is 9.55 Å². The lowest BCUT2D eigenvalue weighted by Crippen LogP contribution is -2.40. The summed E-state index contributed by atoms with van der Waals surface area (Å²) in [5, 5.41) is 8.80. The van der Waals surface area contributed by atoms with Crippen molar-refractivity contribution in [3.8, 4) is 0 Å². The molecule has 1 aliphatic heterocycles. The Labute approximate surface area is 115 Å². The van der Waals surface area contributed by atoms with Crippen LogP contribution in [0.15, 0.2) is 17.3 Å². The van der Waals surface area contributed by atoms with Gasteiger partial charge in [-0.25, -0.2) is 13.6 Å². The summed E-state index contributed by atoms with van der Waals surface area (Å²) in [6, 6.07) is 0. The highest BCUT2D eigenvalue weighted by molar-refractivity contribution is 5.58. The molecule has 0 amide bonds. The van der Waals surface area contributed by atoms with Crippen LogP contribution in [0, 0.1) is 0 Å². The number of anilines is 1. The standard InChI is InChI=1S/C11H11F4N3O3/c12-2-1-5-3-18(10(20)17-8(5)16)9-11(14,15)7(13)6(4-19)21-9/h1-3,6-7,9,19H,4H2,(H2,16,17,20). The third-order valence-electron chi connectivity index (χ3n) is 3.01. The molecule has 0 saturated carbocycles. The molecule has 0 bridgehead atoms. The normalized spacial score (nSPS) is 28.3. The van der Waals surface area contributed by atoms with Gasteiger partial charge < -0.3 is 15.6 Å². The second-order valence-electron chi connectivity index (χ2n) is 4.35. The molecular weight excluding hydrogens is 298 g/mol. The van der Waals surface area contributed by atoms with E-state index in [1.807, 2.05) is 0 Å². The predicted molar refractivity (Wildman–Crippen MR) is 63.9 cm³/mol. The minimum absolute atomic E-state index is 0.0737. The van der Waals surface area contributed by atoms with Gasteiger partial charge in [0.2, 0.25) is 6.23 Å². The van der Waals surface area contributed by atoms with Crippen molar-refractivity contribution in [3.63, 3.8) is 0 Å². The Hall–Kier alpha value is -1.94. The number of hydrogen-bond donors (Lipinski definition) is 2. The first-order chi connectivity index (χ1) is 9.82. The quantitative estimate of drug-likeness (QED) is 0.799. The Kier molecular flexibility index (Phi) is 4.01. The monoisotopic (exact) mass is 309 g/mol. The van der Waals surface area contributed by atoms with E-state index in [0.717, 1.165) is 12.3 Å². The van der Waals surface area contributed by atoms with E-state index in [-0.39, 0.29) is 17.7 Å². The minimum atomic E-state index is -4.06. The number of alkyl halides is 3. The highest BCUT2D eigenvalue weighted by Crippen LogP contribution is 2.43. The van der Waals surface area contributed by atoms with E-state index < -0.39 is 36.7 Å². The number of nitrogens with two attached hydrogens (primary N) is 1. The number of halogens is 4. The Morgan fingerprint density at radius 2 is 2.24 bits per heavy atom. The Morgan fingerprint density at radius 3 is 2.76 bits per heavy atom. The highest BCUT2D eigenvalue weighted by atomic mass is 19.3. The molecule has 3 unspecified atom stereocenters. The van der Waals surface area contributed by atoms with E-state index in [0.29, 0.717) is 4.57 Å². The molecule has 0 aliphatic carbocycles. The van der Waals surface area contributed by atoms with Gasteiger partial charge in [0, 0.05) is 11.8 Å². The molecule has 2 rings (SSSR count). The molecule has 0 radical (unpaired) electrons. The number of aliphatic hydroxyl groups is 1. The van der Waals surface area contributed by atoms with Crippen LogP contribution in [-0.2, 0) is 4.74 Å².